The molecule has 1 aliphatic rings. The molecule has 0 spiro atoms. The van der Waals surface area contributed by atoms with Crippen molar-refractivity contribution < 1.29 is 31.8 Å². The maximum Gasteiger partial charge on any atom is 0.416 e. The summed E-state index contributed by atoms with van der Waals surface area (Å²) in [5.41, 5.74) is 1.78. The van der Waals surface area contributed by atoms with Gasteiger partial charge in [-0.05, 0) is 60.0 Å². The van der Waals surface area contributed by atoms with Crippen molar-refractivity contribution in [3.8, 4) is 11.5 Å². The van der Waals surface area contributed by atoms with E-state index in [0.29, 0.717) is 47.6 Å². The zero-order valence-electron chi connectivity index (χ0n) is 20.4. The molecule has 196 valence electrons. The summed E-state index contributed by atoms with van der Waals surface area (Å²) in [6, 6.07) is 11.1. The Morgan fingerprint density at radius 2 is 1.79 bits per heavy atom. The number of aromatic nitrogens is 2. The number of nitrogens with zero attached hydrogens (tertiary/aromatic N) is 3. The van der Waals surface area contributed by atoms with Crippen LogP contribution in [0.3, 0.4) is 0 Å². The van der Waals surface area contributed by atoms with Gasteiger partial charge >= 0.3 is 6.18 Å². The summed E-state index contributed by atoms with van der Waals surface area (Å²) in [6.45, 7) is 0.368. The fraction of sp³-hybridized carbons (Fsp3) is 0.222. The third-order valence-electron chi connectivity index (χ3n) is 6.32. The topological polar surface area (TPSA) is 76.6 Å². The van der Waals surface area contributed by atoms with E-state index in [0.717, 1.165) is 28.8 Å². The van der Waals surface area contributed by atoms with Gasteiger partial charge in [0, 0.05) is 29.4 Å². The van der Waals surface area contributed by atoms with Crippen LogP contribution in [0.1, 0.15) is 16.7 Å². The average Bonchev–Trinajstić information content (AvgIpc) is 3.30. The second-order valence-electron chi connectivity index (χ2n) is 8.73. The lowest BCUT2D eigenvalue weighted by Crippen LogP contribution is -2.30. The van der Waals surface area contributed by atoms with E-state index in [-0.39, 0.29) is 12.0 Å². The lowest BCUT2D eigenvalue weighted by molar-refractivity contribution is -0.137. The van der Waals surface area contributed by atoms with Crippen molar-refractivity contribution in [2.24, 2.45) is 0 Å². The van der Waals surface area contributed by atoms with Gasteiger partial charge in [-0.2, -0.15) is 13.2 Å². The molecule has 4 aromatic rings. The fourth-order valence-electron chi connectivity index (χ4n) is 4.54. The number of alkyl halides is 3. The Labute approximate surface area is 215 Å². The van der Waals surface area contributed by atoms with Crippen LogP contribution in [0.5, 0.6) is 11.5 Å². The van der Waals surface area contributed by atoms with Crippen LogP contribution in [0.2, 0.25) is 0 Å². The molecule has 1 aliphatic heterocycles. The van der Waals surface area contributed by atoms with Crippen LogP contribution >= 0.6 is 0 Å². The van der Waals surface area contributed by atoms with Crippen LogP contribution in [0.25, 0.3) is 10.9 Å². The van der Waals surface area contributed by atoms with Crippen LogP contribution in [0.4, 0.5) is 34.8 Å². The molecule has 11 heteroatoms. The number of ether oxygens (including phenoxy) is 2. The van der Waals surface area contributed by atoms with Gasteiger partial charge in [-0.25, -0.2) is 14.4 Å². The zero-order valence-corrected chi connectivity index (χ0v) is 20.4. The van der Waals surface area contributed by atoms with Crippen molar-refractivity contribution in [2.75, 3.05) is 31.0 Å². The molecule has 1 amide bonds. The Morgan fingerprint density at radius 3 is 2.53 bits per heavy atom. The first-order valence-corrected chi connectivity index (χ1v) is 11.6. The van der Waals surface area contributed by atoms with E-state index in [1.807, 2.05) is 6.07 Å². The minimum absolute atomic E-state index is 0.0308. The molecule has 0 atom stereocenters. The number of halogens is 4. The quantitative estimate of drug-likeness (QED) is 0.326. The van der Waals surface area contributed by atoms with Crippen LogP contribution in [-0.2, 0) is 23.8 Å². The average molecular weight is 526 g/mol. The van der Waals surface area contributed by atoms with E-state index >= 15 is 0 Å². The predicted molar refractivity (Wildman–Crippen MR) is 134 cm³/mol. The van der Waals surface area contributed by atoms with E-state index in [1.54, 1.807) is 31.4 Å². The minimum atomic E-state index is -4.70. The summed E-state index contributed by atoms with van der Waals surface area (Å²) in [6.07, 6.45) is -3.06. The number of hydrogen-bond donors (Lipinski definition) is 1. The lowest BCUT2D eigenvalue weighted by atomic mass is 10.1. The number of rotatable bonds is 6. The maximum absolute atomic E-state index is 13.8. The Morgan fingerprint density at radius 1 is 1.03 bits per heavy atom. The Kier molecular flexibility index (Phi) is 6.52. The third-order valence-corrected chi connectivity index (χ3v) is 6.32. The van der Waals surface area contributed by atoms with E-state index in [9.17, 15) is 22.4 Å². The Bertz CT molecular complexity index is 1540. The summed E-state index contributed by atoms with van der Waals surface area (Å²) >= 11 is 0. The second-order valence-corrected chi connectivity index (χ2v) is 8.73. The Hall–Kier alpha value is -4.41. The molecule has 0 radical (unpaired) electrons. The highest BCUT2D eigenvalue weighted by atomic mass is 19.4. The van der Waals surface area contributed by atoms with Gasteiger partial charge in [-0.15, -0.1) is 0 Å². The molecule has 0 saturated heterocycles. The number of nitrogens with one attached hydrogen (secondary N) is 1. The van der Waals surface area contributed by atoms with Crippen molar-refractivity contribution >= 4 is 34.0 Å². The smallest absolute Gasteiger partial charge is 0.416 e. The standard InChI is InChI=1S/C27H22F4N4O3/c1-37-23-12-20-21(13-24(23)38-2)32-14-33-26(20)34-19-3-4-22-16(10-19)5-6-35(22)25(36)9-15-7-17(27(29,30)31)11-18(28)8-15/h3-4,7-8,10-14H,5-6,9H2,1-2H3,(H,32,33,34). The highest BCUT2D eigenvalue weighted by Gasteiger charge is 2.32. The number of benzene rings is 3. The van der Waals surface area contributed by atoms with E-state index in [1.165, 1.54) is 18.3 Å². The van der Waals surface area contributed by atoms with Crippen molar-refractivity contribution in [1.82, 2.24) is 9.97 Å². The highest BCUT2D eigenvalue weighted by molar-refractivity contribution is 5.97. The number of amides is 1. The van der Waals surface area contributed by atoms with Crippen LogP contribution in [-0.4, -0.2) is 36.6 Å². The Balaban J connectivity index is 1.37. The van der Waals surface area contributed by atoms with Crippen molar-refractivity contribution in [2.45, 2.75) is 19.0 Å². The number of carbonyl (C=O) groups is 1. The minimum Gasteiger partial charge on any atom is -0.493 e. The van der Waals surface area contributed by atoms with E-state index in [4.69, 9.17) is 9.47 Å². The summed E-state index contributed by atoms with van der Waals surface area (Å²) in [5.74, 6) is 0.175. The number of carbonyl (C=O) groups excluding carboxylic acids is 1. The number of anilines is 3. The molecule has 0 fully saturated rings. The lowest BCUT2D eigenvalue weighted by Gasteiger charge is -2.18. The monoisotopic (exact) mass is 526 g/mol. The molecule has 5 rings (SSSR count). The SMILES string of the molecule is COc1cc2ncnc(Nc3ccc4c(c3)CCN4C(=O)Cc3cc(F)cc(C(F)(F)F)c3)c2cc1OC. The second kappa shape index (κ2) is 9.81. The molecule has 1 aromatic heterocycles. The number of hydrogen-bond acceptors (Lipinski definition) is 6. The zero-order chi connectivity index (χ0) is 27.0. The molecule has 38 heavy (non-hydrogen) atoms. The van der Waals surface area contributed by atoms with Crippen molar-refractivity contribution in [1.29, 1.82) is 0 Å². The van der Waals surface area contributed by atoms with Gasteiger partial charge < -0.3 is 19.7 Å². The molecule has 2 heterocycles. The highest BCUT2D eigenvalue weighted by Crippen LogP contribution is 2.36. The summed E-state index contributed by atoms with van der Waals surface area (Å²) < 4.78 is 63.6. The van der Waals surface area contributed by atoms with E-state index < -0.39 is 23.5 Å². The first-order chi connectivity index (χ1) is 18.2. The van der Waals surface area contributed by atoms with E-state index in [2.05, 4.69) is 15.3 Å². The van der Waals surface area contributed by atoms with Gasteiger partial charge in [-0.3, -0.25) is 4.79 Å². The van der Waals surface area contributed by atoms with Gasteiger partial charge in [0.2, 0.25) is 5.91 Å². The molecule has 0 saturated carbocycles. The summed E-state index contributed by atoms with van der Waals surface area (Å²) in [7, 11) is 3.08. The molecule has 1 N–H and O–H groups in total. The van der Waals surface area contributed by atoms with Crippen LogP contribution in [0, 0.1) is 5.82 Å². The predicted octanol–water partition coefficient (Wildman–Crippen LogP) is 5.68. The normalized spacial score (nSPS) is 12.9. The number of methoxy groups -OCH3 is 2. The molecular weight excluding hydrogens is 504 g/mol. The van der Waals surface area contributed by atoms with Gasteiger partial charge in [-0.1, -0.05) is 0 Å². The molecule has 7 nitrogen and oxygen atoms in total. The first kappa shape index (κ1) is 25.2. The third kappa shape index (κ3) is 4.91. The van der Waals surface area contributed by atoms with Crippen LogP contribution in [0.15, 0.2) is 54.9 Å². The van der Waals surface area contributed by atoms with Gasteiger partial charge in [0.1, 0.15) is 18.0 Å². The van der Waals surface area contributed by atoms with Crippen molar-refractivity contribution in [3.63, 3.8) is 0 Å². The molecule has 0 bridgehead atoms. The first-order valence-electron chi connectivity index (χ1n) is 11.6. The fourth-order valence-corrected chi connectivity index (χ4v) is 4.54. The number of fused-ring (bicyclic) bond motifs is 2. The molecule has 3 aromatic carbocycles. The molecular formula is C27H22F4N4O3. The van der Waals surface area contributed by atoms with Gasteiger partial charge in [0.25, 0.3) is 0 Å². The van der Waals surface area contributed by atoms with Gasteiger partial charge in [0.15, 0.2) is 11.5 Å². The van der Waals surface area contributed by atoms with Crippen LogP contribution < -0.4 is 19.7 Å². The van der Waals surface area contributed by atoms with Gasteiger partial charge in [0.05, 0.1) is 31.7 Å². The summed E-state index contributed by atoms with van der Waals surface area (Å²) in [4.78, 5) is 23.1. The maximum atomic E-state index is 13.8. The molecule has 0 unspecified atom stereocenters. The van der Waals surface area contributed by atoms with Crippen molar-refractivity contribution in [3.05, 3.63) is 77.4 Å². The molecule has 0 aliphatic carbocycles. The summed E-state index contributed by atoms with van der Waals surface area (Å²) in [5, 5.41) is 4.00. The largest absolute Gasteiger partial charge is 0.493 e.